The first-order valence-corrected chi connectivity index (χ1v) is 5.86. The van der Waals surface area contributed by atoms with Crippen molar-refractivity contribution in [3.8, 4) is 0 Å². The minimum absolute atomic E-state index is 0.0815. The largest absolute Gasteiger partial charge is 0.396 e. The van der Waals surface area contributed by atoms with Crippen molar-refractivity contribution < 1.29 is 4.79 Å². The molecular weight excluding hydrogens is 216 g/mol. The average Bonchev–Trinajstić information content (AvgIpc) is 2.30. The van der Waals surface area contributed by atoms with Crippen LogP contribution in [-0.4, -0.2) is 24.0 Å². The van der Waals surface area contributed by atoms with Gasteiger partial charge in [-0.25, -0.2) is 4.98 Å². The third-order valence-electron chi connectivity index (χ3n) is 2.34. The van der Waals surface area contributed by atoms with Gasteiger partial charge in [-0.1, -0.05) is 6.92 Å². The maximum Gasteiger partial charge on any atom is 0.219 e. The van der Waals surface area contributed by atoms with Crippen LogP contribution in [0.5, 0.6) is 0 Å². The summed E-state index contributed by atoms with van der Waals surface area (Å²) in [6.45, 7) is 5.20. The van der Waals surface area contributed by atoms with E-state index < -0.39 is 0 Å². The highest BCUT2D eigenvalue weighted by Crippen LogP contribution is 2.15. The molecule has 1 amide bonds. The van der Waals surface area contributed by atoms with E-state index in [4.69, 9.17) is 5.73 Å². The van der Waals surface area contributed by atoms with Gasteiger partial charge in [0, 0.05) is 25.7 Å². The Morgan fingerprint density at radius 3 is 2.88 bits per heavy atom. The van der Waals surface area contributed by atoms with Gasteiger partial charge in [0.25, 0.3) is 0 Å². The van der Waals surface area contributed by atoms with E-state index in [1.54, 1.807) is 6.20 Å². The minimum Gasteiger partial charge on any atom is -0.396 e. The summed E-state index contributed by atoms with van der Waals surface area (Å²) in [5.41, 5.74) is 7.51. The first-order chi connectivity index (χ1) is 8.13. The zero-order valence-corrected chi connectivity index (χ0v) is 10.4. The molecule has 0 bridgehead atoms. The molecule has 0 aliphatic carbocycles. The molecule has 0 saturated heterocycles. The summed E-state index contributed by atoms with van der Waals surface area (Å²) in [6.07, 6.45) is 3.15. The van der Waals surface area contributed by atoms with Gasteiger partial charge in [0.15, 0.2) is 0 Å². The van der Waals surface area contributed by atoms with Crippen LogP contribution in [0.15, 0.2) is 12.3 Å². The second kappa shape index (κ2) is 6.73. The Morgan fingerprint density at radius 1 is 1.47 bits per heavy atom. The molecule has 0 spiro atoms. The predicted octanol–water partition coefficient (Wildman–Crippen LogP) is 1.30. The number of nitrogen functional groups attached to an aromatic ring is 1. The van der Waals surface area contributed by atoms with Gasteiger partial charge in [0.05, 0.1) is 5.69 Å². The smallest absolute Gasteiger partial charge is 0.219 e. The summed E-state index contributed by atoms with van der Waals surface area (Å²) in [4.78, 5) is 15.2. The molecule has 0 unspecified atom stereocenters. The van der Waals surface area contributed by atoms with Crippen molar-refractivity contribution >= 4 is 17.4 Å². The van der Waals surface area contributed by atoms with Crippen LogP contribution in [-0.2, 0) is 4.79 Å². The Balaban J connectivity index is 2.24. The zero-order chi connectivity index (χ0) is 12.7. The van der Waals surface area contributed by atoms with E-state index in [0.29, 0.717) is 24.5 Å². The third-order valence-corrected chi connectivity index (χ3v) is 2.34. The Kier molecular flexibility index (Phi) is 5.26. The maximum absolute atomic E-state index is 11.0. The van der Waals surface area contributed by atoms with E-state index in [0.717, 1.165) is 18.5 Å². The van der Waals surface area contributed by atoms with Crippen LogP contribution < -0.4 is 16.4 Å². The lowest BCUT2D eigenvalue weighted by Gasteiger charge is -2.09. The molecular formula is C12H20N4O. The number of carbonyl (C=O) groups is 1. The summed E-state index contributed by atoms with van der Waals surface area (Å²) >= 11 is 0. The minimum atomic E-state index is 0.0815. The highest BCUT2D eigenvalue weighted by atomic mass is 16.1. The van der Waals surface area contributed by atoms with E-state index in [1.807, 2.05) is 19.9 Å². The van der Waals surface area contributed by atoms with Crippen LogP contribution >= 0.6 is 0 Å². The molecule has 1 rings (SSSR count). The number of rotatable bonds is 6. The van der Waals surface area contributed by atoms with Crippen LogP contribution in [0, 0.1) is 6.92 Å². The van der Waals surface area contributed by atoms with Gasteiger partial charge in [-0.3, -0.25) is 4.79 Å². The van der Waals surface area contributed by atoms with Crippen LogP contribution in [0.1, 0.15) is 25.3 Å². The number of amides is 1. The number of pyridine rings is 1. The number of aromatic nitrogens is 1. The molecule has 0 aliphatic rings. The summed E-state index contributed by atoms with van der Waals surface area (Å²) in [5, 5.41) is 5.96. The third kappa shape index (κ3) is 4.72. The average molecular weight is 236 g/mol. The SMILES string of the molecule is CCC(=O)NCCCNc1ncc(C)cc1N. The van der Waals surface area contributed by atoms with E-state index in [1.165, 1.54) is 0 Å². The molecule has 4 N–H and O–H groups in total. The highest BCUT2D eigenvalue weighted by molar-refractivity contribution is 5.75. The fourth-order valence-corrected chi connectivity index (χ4v) is 1.39. The summed E-state index contributed by atoms with van der Waals surface area (Å²) in [5.74, 6) is 0.787. The summed E-state index contributed by atoms with van der Waals surface area (Å²) in [6, 6.07) is 1.88. The van der Waals surface area contributed by atoms with Crippen molar-refractivity contribution in [3.63, 3.8) is 0 Å². The molecule has 0 radical (unpaired) electrons. The first kappa shape index (κ1) is 13.3. The number of anilines is 2. The number of aryl methyl sites for hydroxylation is 1. The number of carbonyl (C=O) groups excluding carboxylic acids is 1. The Bertz CT molecular complexity index is 379. The Morgan fingerprint density at radius 2 is 2.24 bits per heavy atom. The molecule has 0 saturated carbocycles. The van der Waals surface area contributed by atoms with Crippen molar-refractivity contribution in [2.24, 2.45) is 0 Å². The van der Waals surface area contributed by atoms with Crippen LogP contribution in [0.3, 0.4) is 0 Å². The van der Waals surface area contributed by atoms with E-state index in [2.05, 4.69) is 15.6 Å². The fourth-order valence-electron chi connectivity index (χ4n) is 1.39. The lowest BCUT2D eigenvalue weighted by Crippen LogP contribution is -2.24. The van der Waals surface area contributed by atoms with Crippen molar-refractivity contribution in [1.29, 1.82) is 0 Å². The molecule has 0 fully saturated rings. The molecule has 5 heteroatoms. The lowest BCUT2D eigenvalue weighted by atomic mass is 10.3. The second-order valence-corrected chi connectivity index (χ2v) is 3.93. The fraction of sp³-hybridized carbons (Fsp3) is 0.500. The van der Waals surface area contributed by atoms with Gasteiger partial charge < -0.3 is 16.4 Å². The predicted molar refractivity (Wildman–Crippen MR) is 69.8 cm³/mol. The van der Waals surface area contributed by atoms with Gasteiger partial charge in [-0.05, 0) is 25.0 Å². The molecule has 1 aromatic heterocycles. The Hall–Kier alpha value is -1.78. The summed E-state index contributed by atoms with van der Waals surface area (Å²) in [7, 11) is 0. The van der Waals surface area contributed by atoms with E-state index in [-0.39, 0.29) is 5.91 Å². The zero-order valence-electron chi connectivity index (χ0n) is 10.4. The van der Waals surface area contributed by atoms with E-state index in [9.17, 15) is 4.79 Å². The summed E-state index contributed by atoms with van der Waals surface area (Å²) < 4.78 is 0. The monoisotopic (exact) mass is 236 g/mol. The van der Waals surface area contributed by atoms with Crippen molar-refractivity contribution in [2.75, 3.05) is 24.1 Å². The van der Waals surface area contributed by atoms with E-state index >= 15 is 0 Å². The standard InChI is InChI=1S/C12H20N4O/c1-3-11(17)14-5-4-6-15-12-10(13)7-9(2)8-16-12/h7-8H,3-6,13H2,1-2H3,(H,14,17)(H,15,16). The van der Waals surface area contributed by atoms with Gasteiger partial charge in [0.1, 0.15) is 5.82 Å². The number of nitrogens with one attached hydrogen (secondary N) is 2. The number of hydrogen-bond donors (Lipinski definition) is 3. The van der Waals surface area contributed by atoms with Crippen molar-refractivity contribution in [2.45, 2.75) is 26.7 Å². The van der Waals surface area contributed by atoms with Crippen molar-refractivity contribution in [1.82, 2.24) is 10.3 Å². The molecule has 94 valence electrons. The van der Waals surface area contributed by atoms with Crippen LogP contribution in [0.2, 0.25) is 0 Å². The molecule has 5 nitrogen and oxygen atoms in total. The maximum atomic E-state index is 11.0. The molecule has 1 aromatic rings. The number of hydrogen-bond acceptors (Lipinski definition) is 4. The second-order valence-electron chi connectivity index (χ2n) is 3.93. The molecule has 1 heterocycles. The molecule has 0 atom stereocenters. The topological polar surface area (TPSA) is 80.0 Å². The van der Waals surface area contributed by atoms with Gasteiger partial charge in [-0.2, -0.15) is 0 Å². The van der Waals surface area contributed by atoms with Crippen LogP contribution in [0.25, 0.3) is 0 Å². The first-order valence-electron chi connectivity index (χ1n) is 5.86. The quantitative estimate of drug-likeness (QED) is 0.650. The van der Waals surface area contributed by atoms with Gasteiger partial charge in [0.2, 0.25) is 5.91 Å². The van der Waals surface area contributed by atoms with Gasteiger partial charge >= 0.3 is 0 Å². The Labute approximate surface area is 102 Å². The molecule has 0 aromatic carbocycles. The normalized spacial score (nSPS) is 10.0. The number of nitrogens with two attached hydrogens (primary N) is 1. The highest BCUT2D eigenvalue weighted by Gasteiger charge is 2.00. The number of nitrogens with zero attached hydrogens (tertiary/aromatic N) is 1. The van der Waals surface area contributed by atoms with Gasteiger partial charge in [-0.15, -0.1) is 0 Å². The molecule has 0 aliphatic heterocycles. The lowest BCUT2D eigenvalue weighted by molar-refractivity contribution is -0.120. The van der Waals surface area contributed by atoms with Crippen molar-refractivity contribution in [3.05, 3.63) is 17.8 Å². The molecule has 17 heavy (non-hydrogen) atoms. The van der Waals surface area contributed by atoms with Crippen LogP contribution in [0.4, 0.5) is 11.5 Å².